The van der Waals surface area contributed by atoms with Crippen molar-refractivity contribution in [2.75, 3.05) is 11.9 Å². The number of aryl methyl sites for hydroxylation is 1. The number of rotatable bonds is 4. The largest absolute Gasteiger partial charge is 0.462 e. The number of carbonyl (C=O) groups excluding carboxylic acids is 2. The minimum Gasteiger partial charge on any atom is -0.462 e. The fourth-order valence-corrected chi connectivity index (χ4v) is 4.93. The number of ether oxygens (including phenoxy) is 1. The molecule has 0 aliphatic heterocycles. The summed E-state index contributed by atoms with van der Waals surface area (Å²) < 4.78 is 10.5. The van der Waals surface area contributed by atoms with E-state index in [9.17, 15) is 14.4 Å². The van der Waals surface area contributed by atoms with Gasteiger partial charge in [0.15, 0.2) is 5.76 Å². The minimum absolute atomic E-state index is 0.0906. The average Bonchev–Trinajstić information content (AvgIpc) is 2.88. The maximum absolute atomic E-state index is 12.8. The van der Waals surface area contributed by atoms with Crippen LogP contribution in [0.25, 0.3) is 10.8 Å². The van der Waals surface area contributed by atoms with Gasteiger partial charge in [-0.15, -0.1) is 11.3 Å². The van der Waals surface area contributed by atoms with Crippen LogP contribution in [0, 0.1) is 0 Å². The van der Waals surface area contributed by atoms with E-state index >= 15 is 0 Å². The number of anilines is 1. The number of hydrogen-bond donors (Lipinski definition) is 1. The van der Waals surface area contributed by atoms with E-state index in [0.29, 0.717) is 21.3 Å². The number of amides is 1. The van der Waals surface area contributed by atoms with Crippen LogP contribution in [0.4, 0.5) is 5.00 Å². The highest BCUT2D eigenvalue weighted by atomic mass is 32.1. The molecule has 6 nitrogen and oxygen atoms in total. The van der Waals surface area contributed by atoms with Crippen molar-refractivity contribution in [2.45, 2.75) is 39.0 Å². The van der Waals surface area contributed by atoms with Gasteiger partial charge in [0, 0.05) is 4.88 Å². The van der Waals surface area contributed by atoms with Crippen LogP contribution >= 0.6 is 11.3 Å². The lowest BCUT2D eigenvalue weighted by molar-refractivity contribution is 0.0527. The average molecular weight is 411 g/mol. The van der Waals surface area contributed by atoms with Crippen LogP contribution < -0.4 is 10.9 Å². The second-order valence-electron chi connectivity index (χ2n) is 6.93. The highest BCUT2D eigenvalue weighted by Crippen LogP contribution is 2.38. The Kier molecular flexibility index (Phi) is 5.49. The van der Waals surface area contributed by atoms with Gasteiger partial charge in [0.05, 0.1) is 17.6 Å². The monoisotopic (exact) mass is 411 g/mol. The van der Waals surface area contributed by atoms with Crippen molar-refractivity contribution in [1.29, 1.82) is 0 Å². The van der Waals surface area contributed by atoms with Gasteiger partial charge in [-0.3, -0.25) is 4.79 Å². The second kappa shape index (κ2) is 8.21. The van der Waals surface area contributed by atoms with Crippen LogP contribution in [-0.2, 0) is 17.6 Å². The van der Waals surface area contributed by atoms with Crippen molar-refractivity contribution >= 4 is 39.0 Å². The Morgan fingerprint density at radius 2 is 1.97 bits per heavy atom. The lowest BCUT2D eigenvalue weighted by atomic mass is 10.1. The van der Waals surface area contributed by atoms with E-state index in [0.717, 1.165) is 42.5 Å². The van der Waals surface area contributed by atoms with E-state index in [1.165, 1.54) is 17.4 Å². The molecule has 7 heteroatoms. The second-order valence-corrected chi connectivity index (χ2v) is 8.03. The van der Waals surface area contributed by atoms with E-state index in [-0.39, 0.29) is 12.4 Å². The summed E-state index contributed by atoms with van der Waals surface area (Å²) in [6, 6.07) is 8.47. The van der Waals surface area contributed by atoms with Gasteiger partial charge in [-0.25, -0.2) is 9.59 Å². The molecular weight excluding hydrogens is 390 g/mol. The van der Waals surface area contributed by atoms with Crippen LogP contribution in [0.1, 0.15) is 57.5 Å². The Bertz CT molecular complexity index is 1140. The molecule has 0 bridgehead atoms. The molecule has 1 aliphatic carbocycles. The number of esters is 1. The lowest BCUT2D eigenvalue weighted by Gasteiger charge is -2.08. The van der Waals surface area contributed by atoms with Gasteiger partial charge in [-0.05, 0) is 55.7 Å². The molecule has 0 atom stereocenters. The molecule has 1 N–H and O–H groups in total. The fraction of sp³-hybridized carbons (Fsp3) is 0.318. The Labute approximate surface area is 171 Å². The first-order chi connectivity index (χ1) is 14.1. The summed E-state index contributed by atoms with van der Waals surface area (Å²) >= 11 is 1.41. The van der Waals surface area contributed by atoms with E-state index in [1.807, 2.05) is 0 Å². The van der Waals surface area contributed by atoms with Crippen molar-refractivity contribution in [3.8, 4) is 0 Å². The first-order valence-corrected chi connectivity index (χ1v) is 10.6. The summed E-state index contributed by atoms with van der Waals surface area (Å²) in [6.07, 6.45) is 4.85. The van der Waals surface area contributed by atoms with Crippen molar-refractivity contribution in [3.63, 3.8) is 0 Å². The third-order valence-corrected chi connectivity index (χ3v) is 6.23. The van der Waals surface area contributed by atoms with Crippen LogP contribution in [0.3, 0.4) is 0 Å². The summed E-state index contributed by atoms with van der Waals surface area (Å²) in [7, 11) is 0. The molecule has 1 aliphatic rings. The normalized spacial score (nSPS) is 13.6. The third-order valence-electron chi connectivity index (χ3n) is 5.02. The standard InChI is InChI=1S/C22H21NO5S/c1-2-27-22(26)18-15-10-4-3-5-11-17(15)29-20(18)23-19(24)16-12-13-8-6-7-9-14(13)21(25)28-16/h6-9,12H,2-5,10-11H2,1H3,(H,23,24). The van der Waals surface area contributed by atoms with Gasteiger partial charge < -0.3 is 14.5 Å². The van der Waals surface area contributed by atoms with Crippen molar-refractivity contribution in [3.05, 3.63) is 62.5 Å². The summed E-state index contributed by atoms with van der Waals surface area (Å²) in [5.41, 5.74) is 0.840. The van der Waals surface area contributed by atoms with Gasteiger partial charge in [-0.1, -0.05) is 24.6 Å². The molecular formula is C22H21NO5S. The predicted octanol–water partition coefficient (Wildman–Crippen LogP) is 4.55. The molecule has 1 amide bonds. The Hall–Kier alpha value is -2.93. The number of benzene rings is 1. The highest BCUT2D eigenvalue weighted by Gasteiger charge is 2.27. The number of thiophene rings is 1. The minimum atomic E-state index is -0.569. The Morgan fingerprint density at radius 1 is 1.17 bits per heavy atom. The molecule has 0 unspecified atom stereocenters. The number of hydrogen-bond acceptors (Lipinski definition) is 6. The van der Waals surface area contributed by atoms with E-state index in [2.05, 4.69) is 5.32 Å². The van der Waals surface area contributed by atoms with Crippen LogP contribution in [-0.4, -0.2) is 18.5 Å². The first-order valence-electron chi connectivity index (χ1n) is 9.74. The summed E-state index contributed by atoms with van der Waals surface area (Å²) in [5.74, 6) is -1.08. The van der Waals surface area contributed by atoms with E-state index < -0.39 is 17.5 Å². The molecule has 0 fully saturated rings. The topological polar surface area (TPSA) is 85.6 Å². The van der Waals surface area contributed by atoms with Crippen LogP contribution in [0.5, 0.6) is 0 Å². The molecule has 0 radical (unpaired) electrons. The summed E-state index contributed by atoms with van der Waals surface area (Å²) in [6.45, 7) is 2.02. The van der Waals surface area contributed by atoms with Gasteiger partial charge in [0.2, 0.25) is 0 Å². The molecule has 3 aromatic rings. The fourth-order valence-electron chi connectivity index (χ4n) is 3.66. The molecule has 2 heterocycles. The van der Waals surface area contributed by atoms with Crippen molar-refractivity contribution in [1.82, 2.24) is 0 Å². The van der Waals surface area contributed by atoms with Crippen LogP contribution in [0.2, 0.25) is 0 Å². The Balaban J connectivity index is 1.71. The first kappa shape index (κ1) is 19.4. The van der Waals surface area contributed by atoms with Crippen LogP contribution in [0.15, 0.2) is 39.5 Å². The highest BCUT2D eigenvalue weighted by molar-refractivity contribution is 7.17. The zero-order valence-electron chi connectivity index (χ0n) is 16.1. The van der Waals surface area contributed by atoms with E-state index in [4.69, 9.17) is 9.15 Å². The quantitative estimate of drug-likeness (QED) is 0.503. The van der Waals surface area contributed by atoms with Crippen molar-refractivity contribution in [2.24, 2.45) is 0 Å². The molecule has 150 valence electrons. The molecule has 0 spiro atoms. The van der Waals surface area contributed by atoms with E-state index in [1.54, 1.807) is 31.2 Å². The van der Waals surface area contributed by atoms with Gasteiger partial charge in [0.1, 0.15) is 5.00 Å². The zero-order chi connectivity index (χ0) is 20.4. The number of fused-ring (bicyclic) bond motifs is 2. The zero-order valence-corrected chi connectivity index (χ0v) is 16.9. The summed E-state index contributed by atoms with van der Waals surface area (Å²) in [4.78, 5) is 38.8. The Morgan fingerprint density at radius 3 is 2.79 bits per heavy atom. The predicted molar refractivity (Wildman–Crippen MR) is 112 cm³/mol. The maximum Gasteiger partial charge on any atom is 0.344 e. The molecule has 2 aromatic heterocycles. The molecule has 4 rings (SSSR count). The van der Waals surface area contributed by atoms with Gasteiger partial charge in [-0.2, -0.15) is 0 Å². The number of nitrogens with one attached hydrogen (secondary N) is 1. The SMILES string of the molecule is CCOC(=O)c1c(NC(=O)c2cc3ccccc3c(=O)o2)sc2c1CCCCC2. The molecule has 29 heavy (non-hydrogen) atoms. The van der Waals surface area contributed by atoms with Gasteiger partial charge >= 0.3 is 11.6 Å². The van der Waals surface area contributed by atoms with Crippen molar-refractivity contribution < 1.29 is 18.7 Å². The summed E-state index contributed by atoms with van der Waals surface area (Å²) in [5, 5.41) is 4.28. The molecule has 0 saturated heterocycles. The molecule has 1 aromatic carbocycles. The third kappa shape index (κ3) is 3.82. The maximum atomic E-state index is 12.8. The van der Waals surface area contributed by atoms with Gasteiger partial charge in [0.25, 0.3) is 5.91 Å². The lowest BCUT2D eigenvalue weighted by Crippen LogP contribution is -2.17. The smallest absolute Gasteiger partial charge is 0.344 e. The number of carbonyl (C=O) groups is 2. The molecule has 0 saturated carbocycles.